The van der Waals surface area contributed by atoms with Crippen molar-refractivity contribution in [2.24, 2.45) is 5.92 Å². The molecule has 0 radical (unpaired) electrons. The summed E-state index contributed by atoms with van der Waals surface area (Å²) in [6, 6.07) is 17.4. The van der Waals surface area contributed by atoms with Gasteiger partial charge < -0.3 is 15.3 Å². The molecule has 2 N–H and O–H groups in total. The van der Waals surface area contributed by atoms with Gasteiger partial charge in [0.15, 0.2) is 0 Å². The van der Waals surface area contributed by atoms with E-state index in [0.717, 1.165) is 16.7 Å². The van der Waals surface area contributed by atoms with Crippen LogP contribution in [0.3, 0.4) is 0 Å². The number of carboxylic acids is 1. The van der Waals surface area contributed by atoms with Crippen LogP contribution >= 0.6 is 0 Å². The number of aryl methyl sites for hydroxylation is 1. The van der Waals surface area contributed by atoms with Crippen LogP contribution in [0.2, 0.25) is 0 Å². The summed E-state index contributed by atoms with van der Waals surface area (Å²) in [7, 11) is 0. The zero-order chi connectivity index (χ0) is 21.2. The molecule has 0 aromatic heterocycles. The van der Waals surface area contributed by atoms with Crippen molar-refractivity contribution >= 4 is 17.8 Å². The van der Waals surface area contributed by atoms with E-state index < -0.39 is 11.9 Å². The number of carboxylic acid groups (broad SMARTS) is 1. The van der Waals surface area contributed by atoms with E-state index in [0.29, 0.717) is 19.4 Å². The van der Waals surface area contributed by atoms with Crippen LogP contribution in [-0.4, -0.2) is 47.4 Å². The van der Waals surface area contributed by atoms with Gasteiger partial charge in [-0.25, -0.2) is 0 Å². The number of hydrogen-bond donors (Lipinski definition) is 2. The van der Waals surface area contributed by atoms with Gasteiger partial charge in [0, 0.05) is 20.0 Å². The predicted molar refractivity (Wildman–Crippen MR) is 111 cm³/mol. The minimum absolute atomic E-state index is 0.0204. The highest BCUT2D eigenvalue weighted by atomic mass is 16.4. The van der Waals surface area contributed by atoms with Crippen molar-refractivity contribution in [3.8, 4) is 0 Å². The number of carbonyl (C=O) groups excluding carboxylic acids is 2. The molecule has 0 fully saturated rings. The number of rotatable bonds is 10. The topological polar surface area (TPSA) is 86.7 Å². The first-order valence-corrected chi connectivity index (χ1v) is 9.69. The monoisotopic (exact) mass is 396 g/mol. The summed E-state index contributed by atoms with van der Waals surface area (Å²) >= 11 is 0. The van der Waals surface area contributed by atoms with Crippen LogP contribution in [0.1, 0.15) is 23.6 Å². The van der Waals surface area contributed by atoms with Crippen molar-refractivity contribution in [2.75, 3.05) is 19.6 Å². The Morgan fingerprint density at radius 1 is 1.03 bits per heavy atom. The van der Waals surface area contributed by atoms with Gasteiger partial charge in [-0.05, 0) is 30.9 Å². The summed E-state index contributed by atoms with van der Waals surface area (Å²) in [5, 5.41) is 12.2. The lowest BCUT2D eigenvalue weighted by Crippen LogP contribution is -2.43. The molecule has 154 valence electrons. The van der Waals surface area contributed by atoms with E-state index in [1.54, 1.807) is 0 Å². The Kier molecular flexibility index (Phi) is 8.40. The number of hydrogen-bond acceptors (Lipinski definition) is 3. The van der Waals surface area contributed by atoms with Gasteiger partial charge in [-0.2, -0.15) is 0 Å². The first-order valence-electron chi connectivity index (χ1n) is 9.69. The quantitative estimate of drug-likeness (QED) is 0.646. The number of nitrogens with zero attached hydrogens (tertiary/aromatic N) is 1. The highest BCUT2D eigenvalue weighted by molar-refractivity contribution is 5.84. The average Bonchev–Trinajstić information content (AvgIpc) is 2.68. The SMILES string of the molecule is CC(=O)N(CCc1ccccc1)CC(=O)NCC(Cc1cccc(C)c1)C(=O)O. The van der Waals surface area contributed by atoms with Crippen LogP contribution in [0.4, 0.5) is 0 Å². The van der Waals surface area contributed by atoms with Crippen molar-refractivity contribution < 1.29 is 19.5 Å². The molecule has 6 nitrogen and oxygen atoms in total. The predicted octanol–water partition coefficient (Wildman–Crippen LogP) is 2.45. The lowest BCUT2D eigenvalue weighted by atomic mass is 9.98. The van der Waals surface area contributed by atoms with E-state index in [1.165, 1.54) is 11.8 Å². The molecule has 1 atom stereocenters. The molecule has 0 saturated heterocycles. The van der Waals surface area contributed by atoms with Gasteiger partial charge in [-0.1, -0.05) is 60.2 Å². The molecule has 2 aromatic carbocycles. The van der Waals surface area contributed by atoms with Gasteiger partial charge in [-0.15, -0.1) is 0 Å². The van der Waals surface area contributed by atoms with Crippen LogP contribution in [0.5, 0.6) is 0 Å². The summed E-state index contributed by atoms with van der Waals surface area (Å²) in [4.78, 5) is 37.2. The van der Waals surface area contributed by atoms with Crippen molar-refractivity contribution in [3.63, 3.8) is 0 Å². The molecule has 6 heteroatoms. The second-order valence-corrected chi connectivity index (χ2v) is 7.21. The third kappa shape index (κ3) is 7.78. The highest BCUT2D eigenvalue weighted by Gasteiger charge is 2.20. The first-order chi connectivity index (χ1) is 13.8. The maximum Gasteiger partial charge on any atom is 0.308 e. The smallest absolute Gasteiger partial charge is 0.308 e. The number of nitrogens with one attached hydrogen (secondary N) is 1. The summed E-state index contributed by atoms with van der Waals surface area (Å²) in [6.45, 7) is 3.74. The van der Waals surface area contributed by atoms with Gasteiger partial charge in [0.05, 0.1) is 12.5 Å². The summed E-state index contributed by atoms with van der Waals surface area (Å²) in [6.07, 6.45) is 0.987. The van der Waals surface area contributed by atoms with Crippen LogP contribution in [0.25, 0.3) is 0 Å². The minimum atomic E-state index is -0.959. The third-order valence-corrected chi connectivity index (χ3v) is 4.75. The molecule has 2 amide bonds. The summed E-state index contributed by atoms with van der Waals surface area (Å²) in [5.74, 6) is -2.23. The number of aliphatic carboxylic acids is 1. The number of amides is 2. The van der Waals surface area contributed by atoms with Crippen molar-refractivity contribution in [1.29, 1.82) is 0 Å². The van der Waals surface area contributed by atoms with Crippen molar-refractivity contribution in [1.82, 2.24) is 10.2 Å². The van der Waals surface area contributed by atoms with Crippen LogP contribution in [0, 0.1) is 12.8 Å². The maximum absolute atomic E-state index is 12.3. The fourth-order valence-electron chi connectivity index (χ4n) is 3.09. The molecule has 0 bridgehead atoms. The Morgan fingerprint density at radius 2 is 1.72 bits per heavy atom. The van der Waals surface area contributed by atoms with Crippen LogP contribution in [-0.2, 0) is 27.2 Å². The van der Waals surface area contributed by atoms with Crippen LogP contribution < -0.4 is 5.32 Å². The summed E-state index contributed by atoms with van der Waals surface area (Å²) < 4.78 is 0. The maximum atomic E-state index is 12.3. The van der Waals surface area contributed by atoms with Gasteiger partial charge in [0.2, 0.25) is 11.8 Å². The molecular formula is C23H28N2O4. The second-order valence-electron chi connectivity index (χ2n) is 7.21. The van der Waals surface area contributed by atoms with Crippen LogP contribution in [0.15, 0.2) is 54.6 Å². The zero-order valence-electron chi connectivity index (χ0n) is 16.9. The van der Waals surface area contributed by atoms with Crippen molar-refractivity contribution in [2.45, 2.75) is 26.7 Å². The molecule has 2 rings (SSSR count). The third-order valence-electron chi connectivity index (χ3n) is 4.75. The van der Waals surface area contributed by atoms with E-state index in [-0.39, 0.29) is 24.9 Å². The van der Waals surface area contributed by atoms with Gasteiger partial charge in [-0.3, -0.25) is 14.4 Å². The molecule has 0 heterocycles. The molecular weight excluding hydrogens is 368 g/mol. The molecule has 0 spiro atoms. The fraction of sp³-hybridized carbons (Fsp3) is 0.348. The Bertz CT molecular complexity index is 836. The molecule has 0 saturated carbocycles. The van der Waals surface area contributed by atoms with Crippen molar-refractivity contribution in [3.05, 3.63) is 71.3 Å². The normalized spacial score (nSPS) is 11.5. The molecule has 29 heavy (non-hydrogen) atoms. The molecule has 0 aliphatic heterocycles. The Labute approximate surface area is 171 Å². The van der Waals surface area contributed by atoms with E-state index in [1.807, 2.05) is 61.5 Å². The van der Waals surface area contributed by atoms with E-state index in [2.05, 4.69) is 5.32 Å². The standard InChI is InChI=1S/C23H28N2O4/c1-17-7-6-10-20(13-17)14-21(23(28)29)15-24-22(27)16-25(18(2)26)12-11-19-8-4-3-5-9-19/h3-10,13,21H,11-12,14-16H2,1-2H3,(H,24,27)(H,28,29). The Balaban J connectivity index is 1.87. The average molecular weight is 396 g/mol. The second kappa shape index (κ2) is 11.0. The zero-order valence-corrected chi connectivity index (χ0v) is 16.9. The first kappa shape index (κ1) is 22.1. The fourth-order valence-corrected chi connectivity index (χ4v) is 3.09. The largest absolute Gasteiger partial charge is 0.481 e. The van der Waals surface area contributed by atoms with E-state index >= 15 is 0 Å². The molecule has 0 aliphatic carbocycles. The Hall–Kier alpha value is -3.15. The molecule has 1 unspecified atom stereocenters. The number of benzene rings is 2. The molecule has 0 aliphatic rings. The van der Waals surface area contributed by atoms with E-state index in [9.17, 15) is 19.5 Å². The van der Waals surface area contributed by atoms with E-state index in [4.69, 9.17) is 0 Å². The highest BCUT2D eigenvalue weighted by Crippen LogP contribution is 2.11. The number of carbonyl (C=O) groups is 3. The lowest BCUT2D eigenvalue weighted by molar-refractivity contribution is -0.142. The van der Waals surface area contributed by atoms with Gasteiger partial charge >= 0.3 is 5.97 Å². The Morgan fingerprint density at radius 3 is 2.34 bits per heavy atom. The van der Waals surface area contributed by atoms with Gasteiger partial charge in [0.1, 0.15) is 0 Å². The summed E-state index contributed by atoms with van der Waals surface area (Å²) in [5.41, 5.74) is 3.06. The minimum Gasteiger partial charge on any atom is -0.481 e. The molecule has 2 aromatic rings. The lowest BCUT2D eigenvalue weighted by Gasteiger charge is -2.21. The van der Waals surface area contributed by atoms with Gasteiger partial charge in [0.25, 0.3) is 0 Å².